The highest BCUT2D eigenvalue weighted by Crippen LogP contribution is 2.34. The average molecular weight is 422 g/mol. The molecule has 33 heavy (non-hydrogen) atoms. The number of rotatable bonds is 3. The van der Waals surface area contributed by atoms with Gasteiger partial charge in [0.1, 0.15) is 6.07 Å². The Morgan fingerprint density at radius 2 is 1.39 bits per heavy atom. The number of fused-ring (bicyclic) bond motifs is 3. The van der Waals surface area contributed by atoms with Crippen molar-refractivity contribution in [2.45, 2.75) is 0 Å². The Kier molecular flexibility index (Phi) is 4.45. The molecular formula is C29H18N4. The van der Waals surface area contributed by atoms with Gasteiger partial charge >= 0.3 is 0 Å². The van der Waals surface area contributed by atoms with E-state index in [0.717, 1.165) is 33.7 Å². The first-order valence-corrected chi connectivity index (χ1v) is 10.7. The zero-order valence-electron chi connectivity index (χ0n) is 17.7. The molecule has 0 unspecified atom stereocenters. The Balaban J connectivity index is 1.55. The molecule has 0 atom stereocenters. The van der Waals surface area contributed by atoms with E-state index in [9.17, 15) is 5.26 Å². The normalized spacial score (nSPS) is 11.0. The number of para-hydroxylation sites is 2. The van der Waals surface area contributed by atoms with Crippen molar-refractivity contribution in [1.82, 2.24) is 14.5 Å². The van der Waals surface area contributed by atoms with Crippen molar-refractivity contribution in [3.05, 3.63) is 115 Å². The van der Waals surface area contributed by atoms with Crippen LogP contribution in [0.2, 0.25) is 0 Å². The lowest BCUT2D eigenvalue weighted by Crippen LogP contribution is -1.94. The molecule has 0 aliphatic carbocycles. The quantitative estimate of drug-likeness (QED) is 0.316. The fourth-order valence-electron chi connectivity index (χ4n) is 4.38. The number of hydrogen-bond acceptors (Lipinski definition) is 3. The van der Waals surface area contributed by atoms with Gasteiger partial charge in [-0.05, 0) is 42.5 Å². The van der Waals surface area contributed by atoms with Crippen molar-refractivity contribution in [3.8, 4) is 34.3 Å². The predicted octanol–water partition coefficient (Wildman–Crippen LogP) is 6.78. The zero-order chi connectivity index (χ0) is 22.2. The summed E-state index contributed by atoms with van der Waals surface area (Å²) in [7, 11) is 0. The van der Waals surface area contributed by atoms with Crippen molar-refractivity contribution in [1.29, 1.82) is 5.26 Å². The van der Waals surface area contributed by atoms with E-state index in [1.807, 2.05) is 30.3 Å². The Morgan fingerprint density at radius 1 is 0.636 bits per heavy atom. The maximum atomic E-state index is 9.21. The summed E-state index contributed by atoms with van der Waals surface area (Å²) in [6.07, 6.45) is 3.30. The van der Waals surface area contributed by atoms with Crippen LogP contribution in [0.25, 0.3) is 50.0 Å². The molecule has 154 valence electrons. The van der Waals surface area contributed by atoms with Crippen LogP contribution in [0.3, 0.4) is 0 Å². The summed E-state index contributed by atoms with van der Waals surface area (Å²) in [5.41, 5.74) is 7.50. The minimum absolute atomic E-state index is 0.522. The largest absolute Gasteiger partial charge is 0.309 e. The maximum absolute atomic E-state index is 9.21. The summed E-state index contributed by atoms with van der Waals surface area (Å²) >= 11 is 0. The van der Waals surface area contributed by atoms with Crippen LogP contribution in [0.4, 0.5) is 0 Å². The highest BCUT2D eigenvalue weighted by Gasteiger charge is 2.13. The van der Waals surface area contributed by atoms with Gasteiger partial charge in [0.25, 0.3) is 0 Å². The zero-order valence-corrected chi connectivity index (χ0v) is 17.7. The van der Waals surface area contributed by atoms with Gasteiger partial charge < -0.3 is 4.57 Å². The standard InChI is InChI=1S/C29H18N4/c30-17-20-15-22(19-31-18-20)27-11-6-10-26(32-27)21-13-14-25-24-9-4-5-12-28(24)33(29(25)16-21)23-7-2-1-3-8-23/h1-16,18-19H. The summed E-state index contributed by atoms with van der Waals surface area (Å²) in [5.74, 6) is 0. The van der Waals surface area contributed by atoms with Crippen molar-refractivity contribution < 1.29 is 0 Å². The van der Waals surface area contributed by atoms with E-state index in [4.69, 9.17) is 4.98 Å². The van der Waals surface area contributed by atoms with Gasteiger partial charge in [-0.25, -0.2) is 4.98 Å². The fourth-order valence-corrected chi connectivity index (χ4v) is 4.38. The second-order valence-electron chi connectivity index (χ2n) is 7.90. The van der Waals surface area contributed by atoms with Crippen LogP contribution in [-0.4, -0.2) is 14.5 Å². The lowest BCUT2D eigenvalue weighted by atomic mass is 10.1. The second-order valence-corrected chi connectivity index (χ2v) is 7.90. The number of pyridine rings is 2. The van der Waals surface area contributed by atoms with E-state index >= 15 is 0 Å². The van der Waals surface area contributed by atoms with Crippen LogP contribution < -0.4 is 0 Å². The summed E-state index contributed by atoms with van der Waals surface area (Å²) < 4.78 is 2.30. The monoisotopic (exact) mass is 422 g/mol. The van der Waals surface area contributed by atoms with Gasteiger partial charge in [-0.2, -0.15) is 5.26 Å². The molecule has 0 saturated carbocycles. The van der Waals surface area contributed by atoms with Crippen LogP contribution >= 0.6 is 0 Å². The molecule has 0 radical (unpaired) electrons. The maximum Gasteiger partial charge on any atom is 0.101 e. The lowest BCUT2D eigenvalue weighted by molar-refractivity contribution is 1.18. The molecule has 4 heteroatoms. The van der Waals surface area contributed by atoms with Crippen LogP contribution in [0.15, 0.2) is 109 Å². The summed E-state index contributed by atoms with van der Waals surface area (Å²) in [4.78, 5) is 9.07. The van der Waals surface area contributed by atoms with Crippen LogP contribution in [-0.2, 0) is 0 Å². The SMILES string of the molecule is N#Cc1cncc(-c2cccc(-c3ccc4c5ccccc5n(-c5ccccc5)c4c3)n2)c1. The molecule has 6 rings (SSSR count). The van der Waals surface area contributed by atoms with Crippen molar-refractivity contribution in [2.75, 3.05) is 0 Å². The topological polar surface area (TPSA) is 54.5 Å². The van der Waals surface area contributed by atoms with Gasteiger partial charge in [-0.3, -0.25) is 4.98 Å². The molecule has 0 amide bonds. The Labute approximate surface area is 191 Å². The molecule has 0 aliphatic rings. The number of nitrogens with zero attached hydrogens (tertiary/aromatic N) is 4. The van der Waals surface area contributed by atoms with Crippen LogP contribution in [0.5, 0.6) is 0 Å². The number of nitriles is 1. The summed E-state index contributed by atoms with van der Waals surface area (Å²) in [6, 6.07) is 35.3. The highest BCUT2D eigenvalue weighted by molar-refractivity contribution is 6.10. The van der Waals surface area contributed by atoms with Crippen molar-refractivity contribution in [2.24, 2.45) is 0 Å². The molecule has 0 spiro atoms. The molecule has 4 nitrogen and oxygen atoms in total. The molecule has 0 fully saturated rings. The van der Waals surface area contributed by atoms with Gasteiger partial charge in [0.15, 0.2) is 0 Å². The van der Waals surface area contributed by atoms with E-state index < -0.39 is 0 Å². The van der Waals surface area contributed by atoms with E-state index in [-0.39, 0.29) is 0 Å². The first-order valence-electron chi connectivity index (χ1n) is 10.7. The minimum atomic E-state index is 0.522. The summed E-state index contributed by atoms with van der Waals surface area (Å²) in [6.45, 7) is 0. The third-order valence-electron chi connectivity index (χ3n) is 5.90. The van der Waals surface area contributed by atoms with E-state index in [2.05, 4.69) is 82.4 Å². The molecule has 0 saturated heterocycles. The average Bonchev–Trinajstić information content (AvgIpc) is 3.23. The molecule has 0 aliphatic heterocycles. The molecule has 3 aromatic heterocycles. The van der Waals surface area contributed by atoms with Crippen LogP contribution in [0.1, 0.15) is 5.56 Å². The fraction of sp³-hybridized carbons (Fsp3) is 0. The number of hydrogen-bond donors (Lipinski definition) is 0. The molecule has 0 N–H and O–H groups in total. The first kappa shape index (κ1) is 19.0. The van der Waals surface area contributed by atoms with E-state index in [0.29, 0.717) is 5.56 Å². The van der Waals surface area contributed by atoms with Gasteiger partial charge in [0, 0.05) is 40.0 Å². The van der Waals surface area contributed by atoms with Gasteiger partial charge in [-0.1, -0.05) is 54.6 Å². The predicted molar refractivity (Wildman–Crippen MR) is 132 cm³/mol. The Morgan fingerprint density at radius 3 is 2.24 bits per heavy atom. The Hall–Kier alpha value is -4.75. The van der Waals surface area contributed by atoms with Gasteiger partial charge in [0.05, 0.1) is 28.0 Å². The van der Waals surface area contributed by atoms with Gasteiger partial charge in [-0.15, -0.1) is 0 Å². The molecular weight excluding hydrogens is 404 g/mol. The van der Waals surface area contributed by atoms with Gasteiger partial charge in [0.2, 0.25) is 0 Å². The molecule has 3 heterocycles. The van der Waals surface area contributed by atoms with E-state index in [1.165, 1.54) is 16.3 Å². The Bertz CT molecular complexity index is 1670. The number of aromatic nitrogens is 3. The van der Waals surface area contributed by atoms with Crippen molar-refractivity contribution >= 4 is 21.8 Å². The van der Waals surface area contributed by atoms with Crippen molar-refractivity contribution in [3.63, 3.8) is 0 Å². The second kappa shape index (κ2) is 7.74. The lowest BCUT2D eigenvalue weighted by Gasteiger charge is -2.09. The molecule has 3 aromatic carbocycles. The van der Waals surface area contributed by atoms with E-state index in [1.54, 1.807) is 12.4 Å². The third-order valence-corrected chi connectivity index (χ3v) is 5.90. The molecule has 0 bridgehead atoms. The smallest absolute Gasteiger partial charge is 0.101 e. The van der Waals surface area contributed by atoms with Crippen LogP contribution in [0, 0.1) is 11.3 Å². The number of benzene rings is 3. The minimum Gasteiger partial charge on any atom is -0.309 e. The molecule has 6 aromatic rings. The highest BCUT2D eigenvalue weighted by atomic mass is 15.0. The third kappa shape index (κ3) is 3.24. The summed E-state index contributed by atoms with van der Waals surface area (Å²) in [5, 5.41) is 11.6. The first-order chi connectivity index (χ1) is 16.3.